The highest BCUT2D eigenvalue weighted by atomic mass is 16.5. The number of rotatable bonds is 20. The van der Waals surface area contributed by atoms with Gasteiger partial charge in [0.05, 0.1) is 27.6 Å². The van der Waals surface area contributed by atoms with Gasteiger partial charge in [0.25, 0.3) is 0 Å². The molecular formula is C23H48NO3+. The van der Waals surface area contributed by atoms with E-state index in [1.165, 1.54) is 83.5 Å². The Labute approximate surface area is 169 Å². The third kappa shape index (κ3) is 21.5. The number of hydrogen-bond donors (Lipinski definition) is 1. The van der Waals surface area contributed by atoms with E-state index in [0.717, 1.165) is 17.4 Å². The van der Waals surface area contributed by atoms with Crippen LogP contribution in [0.25, 0.3) is 0 Å². The fraction of sp³-hybridized carbons (Fsp3) is 0.957. The molecule has 0 radical (unpaired) electrons. The average Bonchev–Trinajstić information content (AvgIpc) is 2.56. The second-order valence-corrected chi connectivity index (χ2v) is 9.16. The molecule has 0 saturated heterocycles. The van der Waals surface area contributed by atoms with Crippen molar-refractivity contribution < 1.29 is 19.1 Å². The highest BCUT2D eigenvalue weighted by molar-refractivity contribution is 5.67. The third-order valence-corrected chi connectivity index (χ3v) is 5.01. The maximum absolute atomic E-state index is 11.0. The Morgan fingerprint density at radius 3 is 1.56 bits per heavy atom. The van der Waals surface area contributed by atoms with Gasteiger partial charge in [-0.25, -0.2) is 0 Å². The standard InChI is InChI=1S/C23H47NO3/c1-5-6-7-8-9-10-11-12-13-14-15-16-17-18-19-27-22(20-23(25)26)21-24(2,3)4/h22H,5-21H2,1-4H3/p+1/t22-/m1/s1. The van der Waals surface area contributed by atoms with Crippen LogP contribution in [0, 0.1) is 0 Å². The molecule has 4 nitrogen and oxygen atoms in total. The predicted octanol–water partition coefficient (Wildman–Crippen LogP) is 6.03. The fourth-order valence-electron chi connectivity index (χ4n) is 3.53. The molecule has 1 N–H and O–H groups in total. The van der Waals surface area contributed by atoms with Crippen LogP contribution in [-0.2, 0) is 9.53 Å². The summed E-state index contributed by atoms with van der Waals surface area (Å²) in [7, 11) is 6.22. The van der Waals surface area contributed by atoms with Crippen LogP contribution < -0.4 is 0 Å². The first-order valence-electron chi connectivity index (χ1n) is 11.5. The molecule has 1 atom stereocenters. The van der Waals surface area contributed by atoms with Crippen LogP contribution in [0.4, 0.5) is 0 Å². The summed E-state index contributed by atoms with van der Waals surface area (Å²) in [6.07, 6.45) is 18.8. The fourth-order valence-corrected chi connectivity index (χ4v) is 3.53. The molecule has 4 heteroatoms. The zero-order chi connectivity index (χ0) is 20.4. The van der Waals surface area contributed by atoms with Crippen molar-refractivity contribution in [3.63, 3.8) is 0 Å². The molecule has 0 rings (SSSR count). The zero-order valence-electron chi connectivity index (χ0n) is 18.8. The van der Waals surface area contributed by atoms with E-state index >= 15 is 0 Å². The first kappa shape index (κ1) is 26.4. The Morgan fingerprint density at radius 1 is 0.778 bits per heavy atom. The number of hydrogen-bond acceptors (Lipinski definition) is 2. The highest BCUT2D eigenvalue weighted by Gasteiger charge is 2.21. The minimum atomic E-state index is -0.769. The summed E-state index contributed by atoms with van der Waals surface area (Å²) in [6, 6.07) is 0. The van der Waals surface area contributed by atoms with Gasteiger partial charge in [-0.15, -0.1) is 0 Å². The molecule has 0 aliphatic heterocycles. The minimum Gasteiger partial charge on any atom is -0.481 e. The van der Waals surface area contributed by atoms with E-state index in [1.807, 2.05) is 0 Å². The van der Waals surface area contributed by atoms with Crippen LogP contribution in [0.15, 0.2) is 0 Å². The van der Waals surface area contributed by atoms with E-state index < -0.39 is 5.97 Å². The first-order chi connectivity index (χ1) is 12.8. The molecule has 0 amide bonds. The topological polar surface area (TPSA) is 46.5 Å². The molecule has 0 fully saturated rings. The van der Waals surface area contributed by atoms with E-state index in [4.69, 9.17) is 9.84 Å². The van der Waals surface area contributed by atoms with E-state index in [1.54, 1.807) is 0 Å². The zero-order valence-corrected chi connectivity index (χ0v) is 18.8. The van der Waals surface area contributed by atoms with Crippen molar-refractivity contribution in [2.24, 2.45) is 0 Å². The van der Waals surface area contributed by atoms with Crippen molar-refractivity contribution in [2.75, 3.05) is 34.3 Å². The number of nitrogens with zero attached hydrogens (tertiary/aromatic N) is 1. The lowest BCUT2D eigenvalue weighted by atomic mass is 10.0. The van der Waals surface area contributed by atoms with Gasteiger partial charge >= 0.3 is 5.97 Å². The Bertz CT molecular complexity index is 339. The number of likely N-dealkylation sites (N-methyl/N-ethyl adjacent to an activating group) is 1. The van der Waals surface area contributed by atoms with Crippen molar-refractivity contribution in [3.8, 4) is 0 Å². The van der Waals surface area contributed by atoms with Crippen LogP contribution in [-0.4, -0.2) is 56.0 Å². The van der Waals surface area contributed by atoms with Gasteiger partial charge in [0, 0.05) is 6.61 Å². The van der Waals surface area contributed by atoms with Crippen LogP contribution in [0.2, 0.25) is 0 Å². The summed E-state index contributed by atoms with van der Waals surface area (Å²) in [6.45, 7) is 3.70. The van der Waals surface area contributed by atoms with Gasteiger partial charge in [-0.05, 0) is 6.42 Å². The van der Waals surface area contributed by atoms with Gasteiger partial charge < -0.3 is 14.3 Å². The van der Waals surface area contributed by atoms with Gasteiger partial charge in [-0.3, -0.25) is 4.79 Å². The molecule has 162 valence electrons. The van der Waals surface area contributed by atoms with Crippen LogP contribution in [0.3, 0.4) is 0 Å². The molecule has 0 heterocycles. The smallest absolute Gasteiger partial charge is 0.306 e. The van der Waals surface area contributed by atoms with E-state index in [-0.39, 0.29) is 12.5 Å². The van der Waals surface area contributed by atoms with Crippen LogP contribution in [0.5, 0.6) is 0 Å². The van der Waals surface area contributed by atoms with Gasteiger partial charge in [-0.2, -0.15) is 0 Å². The summed E-state index contributed by atoms with van der Waals surface area (Å²) >= 11 is 0. The number of carbonyl (C=O) groups is 1. The number of carboxylic acids is 1. The number of aliphatic carboxylic acids is 1. The Morgan fingerprint density at radius 2 is 1.19 bits per heavy atom. The van der Waals surface area contributed by atoms with Crippen molar-refractivity contribution >= 4 is 5.97 Å². The molecule has 0 saturated carbocycles. The number of carboxylic acid groups (broad SMARTS) is 1. The maximum Gasteiger partial charge on any atom is 0.306 e. The molecule has 0 aromatic rings. The van der Waals surface area contributed by atoms with Crippen molar-refractivity contribution in [1.29, 1.82) is 0 Å². The molecular weight excluding hydrogens is 338 g/mol. The van der Waals surface area contributed by atoms with Gasteiger partial charge in [0.2, 0.25) is 0 Å². The number of quaternary nitrogens is 1. The SMILES string of the molecule is CCCCCCCCCCCCCCCCO[C@H](CC(=O)O)C[N+](C)(C)C. The van der Waals surface area contributed by atoms with Crippen molar-refractivity contribution in [1.82, 2.24) is 0 Å². The summed E-state index contributed by atoms with van der Waals surface area (Å²) in [5.74, 6) is -0.769. The molecule has 0 aliphatic carbocycles. The molecule has 0 unspecified atom stereocenters. The lowest BCUT2D eigenvalue weighted by Crippen LogP contribution is -2.43. The third-order valence-electron chi connectivity index (χ3n) is 5.01. The Kier molecular flexibility index (Phi) is 17.1. The van der Waals surface area contributed by atoms with Crippen molar-refractivity contribution in [2.45, 2.75) is 109 Å². The van der Waals surface area contributed by atoms with Gasteiger partial charge in [0.1, 0.15) is 12.6 Å². The quantitative estimate of drug-likeness (QED) is 0.205. The highest BCUT2D eigenvalue weighted by Crippen LogP contribution is 2.13. The van der Waals surface area contributed by atoms with E-state index in [0.29, 0.717) is 6.61 Å². The Hall–Kier alpha value is -0.610. The van der Waals surface area contributed by atoms with Crippen molar-refractivity contribution in [3.05, 3.63) is 0 Å². The van der Waals surface area contributed by atoms with E-state index in [2.05, 4.69) is 28.1 Å². The van der Waals surface area contributed by atoms with Gasteiger partial charge in [-0.1, -0.05) is 90.4 Å². The summed E-state index contributed by atoms with van der Waals surface area (Å²) < 4.78 is 6.57. The Balaban J connectivity index is 3.43. The molecule has 0 aromatic heterocycles. The molecule has 0 aliphatic rings. The second-order valence-electron chi connectivity index (χ2n) is 9.16. The number of unbranched alkanes of at least 4 members (excludes halogenated alkanes) is 13. The minimum absolute atomic E-state index is 0.105. The summed E-state index contributed by atoms with van der Waals surface area (Å²) in [5.41, 5.74) is 0. The monoisotopic (exact) mass is 386 g/mol. The second kappa shape index (κ2) is 17.5. The van der Waals surface area contributed by atoms with Gasteiger partial charge in [0.15, 0.2) is 0 Å². The first-order valence-corrected chi connectivity index (χ1v) is 11.5. The van der Waals surface area contributed by atoms with Crippen LogP contribution >= 0.6 is 0 Å². The maximum atomic E-state index is 11.0. The summed E-state index contributed by atoms with van der Waals surface area (Å²) in [4.78, 5) is 11.0. The lowest BCUT2D eigenvalue weighted by Gasteiger charge is -2.28. The molecule has 0 bridgehead atoms. The lowest BCUT2D eigenvalue weighted by molar-refractivity contribution is -0.873. The largest absolute Gasteiger partial charge is 0.481 e. The van der Waals surface area contributed by atoms with E-state index in [9.17, 15) is 4.79 Å². The molecule has 0 aromatic carbocycles. The molecule has 0 spiro atoms. The van der Waals surface area contributed by atoms with Crippen LogP contribution in [0.1, 0.15) is 103 Å². The summed E-state index contributed by atoms with van der Waals surface area (Å²) in [5, 5.41) is 9.02. The predicted molar refractivity (Wildman–Crippen MR) is 115 cm³/mol. The number of ether oxygens (including phenoxy) is 1. The average molecular weight is 387 g/mol. The normalized spacial score (nSPS) is 13.0. The molecule has 27 heavy (non-hydrogen) atoms.